The minimum absolute atomic E-state index is 0.105. The lowest BCUT2D eigenvalue weighted by atomic mass is 10.3. The number of hydrogen-bond donors (Lipinski definition) is 1. The Hall–Kier alpha value is -0.240. The van der Waals surface area contributed by atoms with Gasteiger partial charge in [-0.15, -0.1) is 11.6 Å². The number of amides is 1. The molecular weight excluding hydrogens is 138 g/mol. The molecule has 0 rings (SSSR count). The van der Waals surface area contributed by atoms with E-state index < -0.39 is 5.38 Å². The van der Waals surface area contributed by atoms with E-state index in [1.54, 1.807) is 6.92 Å². The molecule has 1 unspecified atom stereocenters. The van der Waals surface area contributed by atoms with Crippen LogP contribution in [0.15, 0.2) is 0 Å². The molecule has 1 amide bonds. The molecule has 0 bridgehead atoms. The van der Waals surface area contributed by atoms with Crippen LogP contribution in [0.25, 0.3) is 0 Å². The van der Waals surface area contributed by atoms with Crippen molar-refractivity contribution in [1.82, 2.24) is 5.32 Å². The largest absolute Gasteiger partial charge is 0.353 e. The van der Waals surface area contributed by atoms with E-state index in [2.05, 4.69) is 5.32 Å². The Morgan fingerprint density at radius 1 is 1.44 bits per heavy atom. The Balaban J connectivity index is 3.51. The molecule has 0 heterocycles. The van der Waals surface area contributed by atoms with E-state index in [0.717, 1.165) is 0 Å². The van der Waals surface area contributed by atoms with E-state index in [0.29, 0.717) is 0 Å². The van der Waals surface area contributed by atoms with Gasteiger partial charge in [0.05, 0.1) is 0 Å². The maximum Gasteiger partial charge on any atom is 0.237 e. The van der Waals surface area contributed by atoms with Gasteiger partial charge in [0.2, 0.25) is 5.91 Å². The van der Waals surface area contributed by atoms with Crippen LogP contribution in [0.3, 0.4) is 0 Å². The zero-order chi connectivity index (χ0) is 7.44. The van der Waals surface area contributed by atoms with Crippen molar-refractivity contribution < 1.29 is 4.79 Å². The molecule has 0 fully saturated rings. The highest BCUT2D eigenvalue weighted by Crippen LogP contribution is 1.92. The van der Waals surface area contributed by atoms with Gasteiger partial charge in [-0.25, -0.2) is 0 Å². The van der Waals surface area contributed by atoms with Gasteiger partial charge in [0.25, 0.3) is 0 Å². The highest BCUT2D eigenvalue weighted by atomic mass is 35.5. The number of nitrogens with one attached hydrogen (secondary N) is 1. The standard InChI is InChI=1S/C6H12ClNO/c1-4(2)8-6(9)5(3)7/h4-5H,1-3H3,(H,8,9). The number of alkyl halides is 1. The van der Waals surface area contributed by atoms with E-state index in [1.165, 1.54) is 0 Å². The van der Waals surface area contributed by atoms with Crippen molar-refractivity contribution in [1.29, 1.82) is 0 Å². The van der Waals surface area contributed by atoms with Gasteiger partial charge in [-0.2, -0.15) is 0 Å². The molecule has 0 aromatic heterocycles. The fourth-order valence-corrected chi connectivity index (χ4v) is 0.462. The van der Waals surface area contributed by atoms with Crippen molar-refractivity contribution >= 4 is 17.5 Å². The summed E-state index contributed by atoms with van der Waals surface area (Å²) in [5, 5.41) is 2.25. The molecule has 0 spiro atoms. The molecule has 1 atom stereocenters. The first-order valence-corrected chi connectivity index (χ1v) is 3.42. The summed E-state index contributed by atoms with van der Waals surface area (Å²) in [5.41, 5.74) is 0. The Kier molecular flexibility index (Phi) is 3.62. The molecule has 3 heteroatoms. The molecule has 1 N–H and O–H groups in total. The van der Waals surface area contributed by atoms with E-state index >= 15 is 0 Å². The van der Waals surface area contributed by atoms with Gasteiger partial charge in [-0.3, -0.25) is 4.79 Å². The van der Waals surface area contributed by atoms with Crippen LogP contribution in [0.2, 0.25) is 0 Å². The zero-order valence-electron chi connectivity index (χ0n) is 5.94. The summed E-state index contributed by atoms with van der Waals surface area (Å²) in [7, 11) is 0. The van der Waals surface area contributed by atoms with Crippen LogP contribution in [0, 0.1) is 0 Å². The summed E-state index contributed by atoms with van der Waals surface area (Å²) in [6, 6.07) is 0.179. The Bertz CT molecular complexity index is 101. The third-order valence-electron chi connectivity index (χ3n) is 0.792. The molecule has 0 aliphatic heterocycles. The predicted octanol–water partition coefficient (Wildman–Crippen LogP) is 1.14. The normalized spacial score (nSPS) is 13.4. The lowest BCUT2D eigenvalue weighted by Crippen LogP contribution is -2.34. The molecule has 9 heavy (non-hydrogen) atoms. The third-order valence-corrected chi connectivity index (χ3v) is 0.990. The summed E-state index contributed by atoms with van der Waals surface area (Å²) in [4.78, 5) is 10.7. The highest BCUT2D eigenvalue weighted by Gasteiger charge is 2.08. The van der Waals surface area contributed by atoms with Crippen LogP contribution in [0.4, 0.5) is 0 Å². The van der Waals surface area contributed by atoms with Crippen molar-refractivity contribution in [3.05, 3.63) is 0 Å². The Morgan fingerprint density at radius 2 is 1.89 bits per heavy atom. The summed E-state index contributed by atoms with van der Waals surface area (Å²) in [6.07, 6.45) is 0. The van der Waals surface area contributed by atoms with E-state index in [9.17, 15) is 4.79 Å². The van der Waals surface area contributed by atoms with Gasteiger partial charge >= 0.3 is 0 Å². The van der Waals surface area contributed by atoms with Crippen LogP contribution >= 0.6 is 11.6 Å². The summed E-state index contributed by atoms with van der Waals surface area (Å²) >= 11 is 5.46. The topological polar surface area (TPSA) is 29.1 Å². The quantitative estimate of drug-likeness (QED) is 0.587. The number of carbonyl (C=O) groups excluding carboxylic acids is 1. The molecule has 0 aliphatic rings. The maximum atomic E-state index is 10.7. The molecule has 0 aliphatic carbocycles. The van der Waals surface area contributed by atoms with Gasteiger partial charge < -0.3 is 5.32 Å². The summed E-state index contributed by atoms with van der Waals surface area (Å²) < 4.78 is 0. The second-order valence-corrected chi connectivity index (χ2v) is 2.93. The smallest absolute Gasteiger partial charge is 0.237 e. The van der Waals surface area contributed by atoms with Crippen LogP contribution in [-0.4, -0.2) is 17.3 Å². The Morgan fingerprint density at radius 3 is 2.00 bits per heavy atom. The fraction of sp³-hybridized carbons (Fsp3) is 0.833. The van der Waals surface area contributed by atoms with Gasteiger partial charge in [0.1, 0.15) is 5.38 Å². The van der Waals surface area contributed by atoms with Crippen LogP contribution in [0.1, 0.15) is 20.8 Å². The number of halogens is 1. The molecule has 54 valence electrons. The second-order valence-electron chi connectivity index (χ2n) is 2.28. The maximum absolute atomic E-state index is 10.7. The lowest BCUT2D eigenvalue weighted by molar-refractivity contribution is -0.120. The first-order chi connectivity index (χ1) is 4.04. The van der Waals surface area contributed by atoms with Crippen molar-refractivity contribution in [3.63, 3.8) is 0 Å². The first-order valence-electron chi connectivity index (χ1n) is 2.98. The summed E-state index contributed by atoms with van der Waals surface area (Å²) in [5.74, 6) is -0.105. The van der Waals surface area contributed by atoms with Gasteiger partial charge in [0, 0.05) is 6.04 Å². The third kappa shape index (κ3) is 4.28. The summed E-state index contributed by atoms with van der Waals surface area (Å²) in [6.45, 7) is 5.45. The van der Waals surface area contributed by atoms with Crippen molar-refractivity contribution in [3.8, 4) is 0 Å². The monoisotopic (exact) mass is 149 g/mol. The fourth-order valence-electron chi connectivity index (χ4n) is 0.399. The number of hydrogen-bond acceptors (Lipinski definition) is 1. The molecule has 0 radical (unpaired) electrons. The number of rotatable bonds is 2. The van der Waals surface area contributed by atoms with Crippen molar-refractivity contribution in [2.45, 2.75) is 32.2 Å². The van der Waals surface area contributed by atoms with Crippen LogP contribution in [-0.2, 0) is 4.79 Å². The first kappa shape index (κ1) is 8.76. The highest BCUT2D eigenvalue weighted by molar-refractivity contribution is 6.30. The average Bonchev–Trinajstić information content (AvgIpc) is 1.63. The second kappa shape index (κ2) is 3.72. The minimum Gasteiger partial charge on any atom is -0.353 e. The predicted molar refractivity (Wildman–Crippen MR) is 38.6 cm³/mol. The van der Waals surface area contributed by atoms with Crippen LogP contribution in [0.5, 0.6) is 0 Å². The van der Waals surface area contributed by atoms with E-state index in [1.807, 2.05) is 13.8 Å². The van der Waals surface area contributed by atoms with Crippen molar-refractivity contribution in [2.75, 3.05) is 0 Å². The Labute approximate surface area is 60.6 Å². The zero-order valence-corrected chi connectivity index (χ0v) is 6.70. The molecule has 0 aromatic rings. The van der Waals surface area contributed by atoms with Gasteiger partial charge in [-0.05, 0) is 20.8 Å². The van der Waals surface area contributed by atoms with E-state index in [4.69, 9.17) is 11.6 Å². The van der Waals surface area contributed by atoms with Crippen LogP contribution < -0.4 is 5.32 Å². The molecule has 0 saturated heterocycles. The molecule has 2 nitrogen and oxygen atoms in total. The lowest BCUT2D eigenvalue weighted by Gasteiger charge is -2.08. The van der Waals surface area contributed by atoms with E-state index in [-0.39, 0.29) is 11.9 Å². The minimum atomic E-state index is -0.424. The van der Waals surface area contributed by atoms with Gasteiger partial charge in [0.15, 0.2) is 0 Å². The SMILES string of the molecule is CC(C)NC(=O)C(C)Cl. The molecule has 0 saturated carbocycles. The average molecular weight is 150 g/mol. The molecule has 0 aromatic carbocycles. The number of carbonyl (C=O) groups is 1. The van der Waals surface area contributed by atoms with Gasteiger partial charge in [-0.1, -0.05) is 0 Å². The molecular formula is C6H12ClNO. The van der Waals surface area contributed by atoms with Crippen molar-refractivity contribution in [2.24, 2.45) is 0 Å².